The number of hydrogen-bond acceptors (Lipinski definition) is 3. The molecule has 0 aliphatic carbocycles. The van der Waals surface area contributed by atoms with Crippen LogP contribution in [0.1, 0.15) is 19.4 Å². The number of rotatable bonds is 2. The highest BCUT2D eigenvalue weighted by Gasteiger charge is 2.21. The van der Waals surface area contributed by atoms with E-state index in [2.05, 4.69) is 36.2 Å². The molecule has 0 bridgehead atoms. The van der Waals surface area contributed by atoms with Crippen molar-refractivity contribution in [1.29, 1.82) is 0 Å². The fraction of sp³-hybridized carbons (Fsp3) is 0.467. The van der Waals surface area contributed by atoms with Gasteiger partial charge in [0.1, 0.15) is 5.58 Å². The monoisotopic (exact) mass is 244 g/mol. The minimum absolute atomic E-state index is 0.562. The maximum Gasteiger partial charge on any atom is 0.134 e. The summed E-state index contributed by atoms with van der Waals surface area (Å²) >= 11 is 0. The van der Waals surface area contributed by atoms with Gasteiger partial charge in [0.2, 0.25) is 0 Å². The average Bonchev–Trinajstić information content (AvgIpc) is 2.72. The second-order valence-corrected chi connectivity index (χ2v) is 5.42. The van der Waals surface area contributed by atoms with Crippen LogP contribution in [0.4, 0.5) is 0 Å². The summed E-state index contributed by atoms with van der Waals surface area (Å²) in [5.41, 5.74) is 2.29. The van der Waals surface area contributed by atoms with E-state index in [1.54, 1.807) is 0 Å². The third-order valence-corrected chi connectivity index (χ3v) is 3.59. The molecule has 18 heavy (non-hydrogen) atoms. The molecule has 0 radical (unpaired) electrons. The summed E-state index contributed by atoms with van der Waals surface area (Å²) in [6, 6.07) is 9.39. The van der Waals surface area contributed by atoms with Gasteiger partial charge in [0.15, 0.2) is 0 Å². The van der Waals surface area contributed by atoms with Gasteiger partial charge in [0.05, 0.1) is 6.26 Å². The van der Waals surface area contributed by atoms with Crippen molar-refractivity contribution >= 4 is 11.0 Å². The van der Waals surface area contributed by atoms with Gasteiger partial charge in [-0.25, -0.2) is 0 Å². The van der Waals surface area contributed by atoms with Crippen molar-refractivity contribution in [3.8, 4) is 0 Å². The van der Waals surface area contributed by atoms with Crippen molar-refractivity contribution in [2.24, 2.45) is 0 Å². The molecule has 2 aromatic rings. The van der Waals surface area contributed by atoms with Crippen LogP contribution in [-0.4, -0.2) is 30.1 Å². The Bertz CT molecular complexity index is 524. The van der Waals surface area contributed by atoms with Crippen LogP contribution < -0.4 is 5.32 Å². The van der Waals surface area contributed by atoms with Gasteiger partial charge in [0.25, 0.3) is 0 Å². The first kappa shape index (κ1) is 11.8. The lowest BCUT2D eigenvalue weighted by molar-refractivity contribution is 0.167. The molecule has 96 valence electrons. The average molecular weight is 244 g/mol. The molecular weight excluding hydrogens is 224 g/mol. The van der Waals surface area contributed by atoms with Crippen LogP contribution in [0.3, 0.4) is 0 Å². The summed E-state index contributed by atoms with van der Waals surface area (Å²) in [7, 11) is 0. The number of nitrogens with one attached hydrogen (secondary N) is 1. The zero-order chi connectivity index (χ0) is 12.5. The molecule has 2 heterocycles. The van der Waals surface area contributed by atoms with Crippen LogP contribution >= 0.6 is 0 Å². The molecule has 2 unspecified atom stereocenters. The zero-order valence-corrected chi connectivity index (χ0v) is 11.0. The van der Waals surface area contributed by atoms with E-state index in [0.29, 0.717) is 12.1 Å². The molecule has 1 aliphatic heterocycles. The summed E-state index contributed by atoms with van der Waals surface area (Å²) in [5.74, 6) is 0. The lowest BCUT2D eigenvalue weighted by atomic mass is 10.1. The van der Waals surface area contributed by atoms with Crippen molar-refractivity contribution in [3.05, 3.63) is 36.1 Å². The quantitative estimate of drug-likeness (QED) is 0.880. The molecule has 1 aromatic carbocycles. The Morgan fingerprint density at radius 2 is 1.94 bits per heavy atom. The van der Waals surface area contributed by atoms with Gasteiger partial charge in [0, 0.05) is 42.7 Å². The second-order valence-electron chi connectivity index (χ2n) is 5.42. The summed E-state index contributed by atoms with van der Waals surface area (Å²) in [6.07, 6.45) is 1.90. The van der Waals surface area contributed by atoms with Crippen molar-refractivity contribution in [2.45, 2.75) is 32.5 Å². The first-order valence-corrected chi connectivity index (χ1v) is 6.66. The Hall–Kier alpha value is -1.32. The minimum atomic E-state index is 0.562. The molecule has 0 saturated carbocycles. The maximum atomic E-state index is 5.60. The standard InChI is InChI=1S/C15H20N2O/c1-11-7-17(8-12(2)16-11)9-13-10-18-15-6-4-3-5-14(13)15/h3-6,10-12,16H,7-9H2,1-2H3. The Morgan fingerprint density at radius 1 is 1.22 bits per heavy atom. The number of para-hydroxylation sites is 1. The number of nitrogens with zero attached hydrogens (tertiary/aromatic N) is 1. The van der Waals surface area contributed by atoms with Gasteiger partial charge in [-0.3, -0.25) is 4.90 Å². The number of fused-ring (bicyclic) bond motifs is 1. The van der Waals surface area contributed by atoms with Crippen LogP contribution in [0.25, 0.3) is 11.0 Å². The van der Waals surface area contributed by atoms with Crippen LogP contribution in [0.15, 0.2) is 34.9 Å². The first-order chi connectivity index (χ1) is 8.72. The number of hydrogen-bond donors (Lipinski definition) is 1. The van der Waals surface area contributed by atoms with Crippen molar-refractivity contribution in [1.82, 2.24) is 10.2 Å². The van der Waals surface area contributed by atoms with E-state index >= 15 is 0 Å². The lowest BCUT2D eigenvalue weighted by Gasteiger charge is -2.35. The van der Waals surface area contributed by atoms with E-state index in [1.807, 2.05) is 18.4 Å². The van der Waals surface area contributed by atoms with E-state index in [-0.39, 0.29) is 0 Å². The highest BCUT2D eigenvalue weighted by molar-refractivity contribution is 5.80. The van der Waals surface area contributed by atoms with E-state index in [1.165, 1.54) is 10.9 Å². The van der Waals surface area contributed by atoms with Crippen LogP contribution in [0, 0.1) is 0 Å². The third-order valence-electron chi connectivity index (χ3n) is 3.59. The third kappa shape index (κ3) is 2.28. The maximum absolute atomic E-state index is 5.60. The van der Waals surface area contributed by atoms with Gasteiger partial charge in [-0.15, -0.1) is 0 Å². The SMILES string of the molecule is CC1CN(Cc2coc3ccccc23)CC(C)N1. The van der Waals surface area contributed by atoms with Crippen LogP contribution in [-0.2, 0) is 6.54 Å². The summed E-state index contributed by atoms with van der Waals surface area (Å²) in [5, 5.41) is 4.81. The molecule has 1 fully saturated rings. The van der Waals surface area contributed by atoms with Gasteiger partial charge >= 0.3 is 0 Å². The van der Waals surface area contributed by atoms with Crippen molar-refractivity contribution in [2.75, 3.05) is 13.1 Å². The molecular formula is C15H20N2O. The van der Waals surface area contributed by atoms with Crippen LogP contribution in [0.2, 0.25) is 0 Å². The zero-order valence-electron chi connectivity index (χ0n) is 11.0. The molecule has 1 aromatic heterocycles. The fourth-order valence-electron chi connectivity index (χ4n) is 2.97. The van der Waals surface area contributed by atoms with Gasteiger partial charge in [-0.2, -0.15) is 0 Å². The number of benzene rings is 1. The lowest BCUT2D eigenvalue weighted by Crippen LogP contribution is -2.53. The van der Waals surface area contributed by atoms with E-state index < -0.39 is 0 Å². The van der Waals surface area contributed by atoms with Crippen molar-refractivity contribution in [3.63, 3.8) is 0 Å². The van der Waals surface area contributed by atoms with Gasteiger partial charge in [-0.05, 0) is 19.9 Å². The van der Waals surface area contributed by atoms with Crippen LogP contribution in [0.5, 0.6) is 0 Å². The molecule has 3 nitrogen and oxygen atoms in total. The van der Waals surface area contributed by atoms with Gasteiger partial charge in [-0.1, -0.05) is 18.2 Å². The van der Waals surface area contributed by atoms with Gasteiger partial charge < -0.3 is 9.73 Å². The minimum Gasteiger partial charge on any atom is -0.464 e. The Balaban J connectivity index is 1.79. The summed E-state index contributed by atoms with van der Waals surface area (Å²) in [6.45, 7) is 7.67. The Labute approximate surface area is 108 Å². The molecule has 1 saturated heterocycles. The van der Waals surface area contributed by atoms with E-state index in [4.69, 9.17) is 4.42 Å². The second kappa shape index (κ2) is 4.75. The highest BCUT2D eigenvalue weighted by Crippen LogP contribution is 2.22. The molecule has 0 spiro atoms. The molecule has 3 rings (SSSR count). The molecule has 0 amide bonds. The predicted octanol–water partition coefficient (Wildman–Crippen LogP) is 2.62. The Kier molecular flexibility index (Phi) is 3.10. The molecule has 2 atom stereocenters. The highest BCUT2D eigenvalue weighted by atomic mass is 16.3. The normalized spacial score (nSPS) is 25.7. The van der Waals surface area contributed by atoms with E-state index in [0.717, 1.165) is 25.2 Å². The smallest absolute Gasteiger partial charge is 0.134 e. The fourth-order valence-corrected chi connectivity index (χ4v) is 2.97. The molecule has 1 aliphatic rings. The summed E-state index contributed by atoms with van der Waals surface area (Å²) in [4.78, 5) is 2.50. The Morgan fingerprint density at radius 3 is 2.72 bits per heavy atom. The first-order valence-electron chi connectivity index (χ1n) is 6.66. The summed E-state index contributed by atoms with van der Waals surface area (Å²) < 4.78 is 5.60. The topological polar surface area (TPSA) is 28.4 Å². The number of piperazine rings is 1. The molecule has 3 heteroatoms. The van der Waals surface area contributed by atoms with Crippen molar-refractivity contribution < 1.29 is 4.42 Å². The number of furan rings is 1. The predicted molar refractivity (Wildman–Crippen MR) is 73.6 cm³/mol. The largest absolute Gasteiger partial charge is 0.464 e. The van der Waals surface area contributed by atoms with E-state index in [9.17, 15) is 0 Å². The molecule has 1 N–H and O–H groups in total.